The second kappa shape index (κ2) is 8.51. The quantitative estimate of drug-likeness (QED) is 0.515. The van der Waals surface area contributed by atoms with Gasteiger partial charge in [-0.3, -0.25) is 0 Å². The van der Waals surface area contributed by atoms with Gasteiger partial charge in [0, 0.05) is 6.42 Å². The van der Waals surface area contributed by atoms with Crippen molar-refractivity contribution in [1.82, 2.24) is 0 Å². The molecule has 6 nitrogen and oxygen atoms in total. The first-order valence-corrected chi connectivity index (χ1v) is 4.90. The van der Waals surface area contributed by atoms with E-state index in [2.05, 4.69) is 0 Å². The first-order valence-electron chi connectivity index (χ1n) is 4.90. The van der Waals surface area contributed by atoms with Gasteiger partial charge in [-0.2, -0.15) is 0 Å². The molecule has 1 rings (SSSR count). The van der Waals surface area contributed by atoms with Crippen LogP contribution in [0.15, 0.2) is 30.3 Å². The van der Waals surface area contributed by atoms with Crippen LogP contribution in [-0.4, -0.2) is 50.5 Å². The van der Waals surface area contributed by atoms with E-state index in [9.17, 15) is 5.11 Å². The fraction of sp³-hybridized carbons (Fsp3) is 0.364. The van der Waals surface area contributed by atoms with Crippen LogP contribution < -0.4 is 0 Å². The van der Waals surface area contributed by atoms with Gasteiger partial charge >= 0.3 is 6.16 Å². The summed E-state index contributed by atoms with van der Waals surface area (Å²) < 4.78 is 0. The summed E-state index contributed by atoms with van der Waals surface area (Å²) in [4.78, 5) is 8.56. The molecule has 0 saturated carbocycles. The van der Waals surface area contributed by atoms with E-state index in [4.69, 9.17) is 25.2 Å². The van der Waals surface area contributed by atoms with Gasteiger partial charge in [0.2, 0.25) is 0 Å². The Kier molecular flexibility index (Phi) is 7.70. The zero-order chi connectivity index (χ0) is 13.3. The highest BCUT2D eigenvalue weighted by Gasteiger charge is 2.14. The van der Waals surface area contributed by atoms with Gasteiger partial charge in [0.15, 0.2) is 0 Å². The van der Waals surface area contributed by atoms with Gasteiger partial charge in [-0.1, -0.05) is 30.3 Å². The molecule has 0 amide bonds. The zero-order valence-electron chi connectivity index (χ0n) is 9.10. The van der Waals surface area contributed by atoms with Crippen molar-refractivity contribution >= 4 is 6.16 Å². The Bertz CT molecular complexity index is 309. The van der Waals surface area contributed by atoms with E-state index in [1.165, 1.54) is 0 Å². The Morgan fingerprint density at radius 1 is 1.06 bits per heavy atom. The van der Waals surface area contributed by atoms with Crippen LogP contribution in [0.4, 0.5) is 4.79 Å². The van der Waals surface area contributed by atoms with Crippen molar-refractivity contribution in [3.63, 3.8) is 0 Å². The van der Waals surface area contributed by atoms with Crippen LogP contribution in [0.1, 0.15) is 5.56 Å². The van der Waals surface area contributed by atoms with Crippen molar-refractivity contribution in [3.8, 4) is 0 Å². The summed E-state index contributed by atoms with van der Waals surface area (Å²) in [5.41, 5.74) is 0.947. The molecule has 6 heteroatoms. The van der Waals surface area contributed by atoms with Crippen LogP contribution >= 0.6 is 0 Å². The van der Waals surface area contributed by atoms with Crippen molar-refractivity contribution in [2.75, 3.05) is 6.61 Å². The second-order valence-electron chi connectivity index (χ2n) is 3.29. The monoisotopic (exact) mass is 244 g/mol. The number of rotatable bonds is 4. The van der Waals surface area contributed by atoms with Gasteiger partial charge in [0.05, 0.1) is 12.7 Å². The predicted octanol–water partition coefficient (Wildman–Crippen LogP) is 0.166. The Morgan fingerprint density at radius 3 is 1.94 bits per heavy atom. The van der Waals surface area contributed by atoms with Crippen LogP contribution in [0.5, 0.6) is 0 Å². The van der Waals surface area contributed by atoms with Crippen LogP contribution in [0.3, 0.4) is 0 Å². The average molecular weight is 244 g/mol. The molecule has 0 heterocycles. The van der Waals surface area contributed by atoms with Crippen molar-refractivity contribution in [2.24, 2.45) is 0 Å². The Balaban J connectivity index is 0.000000557. The summed E-state index contributed by atoms with van der Waals surface area (Å²) in [5.74, 6) is 0. The number of aliphatic hydroxyl groups is 3. The van der Waals surface area contributed by atoms with E-state index >= 15 is 0 Å². The maximum absolute atomic E-state index is 9.36. The lowest BCUT2D eigenvalue weighted by Gasteiger charge is -2.15. The molecular weight excluding hydrogens is 228 g/mol. The first kappa shape index (κ1) is 15.4. The molecule has 2 atom stereocenters. The smallest absolute Gasteiger partial charge is 0.450 e. The maximum Gasteiger partial charge on any atom is 0.503 e. The highest BCUT2D eigenvalue weighted by Crippen LogP contribution is 2.05. The second-order valence-corrected chi connectivity index (χ2v) is 3.29. The fourth-order valence-corrected chi connectivity index (χ4v) is 1.11. The van der Waals surface area contributed by atoms with Crippen LogP contribution in [-0.2, 0) is 6.42 Å². The molecule has 0 saturated heterocycles. The number of carboxylic acid groups (broad SMARTS) is 2. The minimum Gasteiger partial charge on any atom is -0.450 e. The van der Waals surface area contributed by atoms with Gasteiger partial charge in [0.25, 0.3) is 0 Å². The molecule has 0 fully saturated rings. The first-order chi connectivity index (χ1) is 7.97. The molecule has 96 valence electrons. The van der Waals surface area contributed by atoms with E-state index in [-0.39, 0.29) is 0 Å². The number of hydrogen-bond donors (Lipinski definition) is 5. The molecule has 0 aliphatic heterocycles. The van der Waals surface area contributed by atoms with Gasteiger partial charge in [-0.25, -0.2) is 4.79 Å². The summed E-state index contributed by atoms with van der Waals surface area (Å²) in [6, 6.07) is 9.36. The molecule has 1 aromatic carbocycles. The van der Waals surface area contributed by atoms with Crippen LogP contribution in [0.2, 0.25) is 0 Å². The third-order valence-electron chi connectivity index (χ3n) is 1.92. The fourth-order valence-electron chi connectivity index (χ4n) is 1.11. The summed E-state index contributed by atoms with van der Waals surface area (Å²) in [6.45, 7) is -0.409. The van der Waals surface area contributed by atoms with Gasteiger partial charge in [-0.15, -0.1) is 0 Å². The van der Waals surface area contributed by atoms with Gasteiger partial charge < -0.3 is 25.5 Å². The van der Waals surface area contributed by atoms with E-state index < -0.39 is 25.0 Å². The molecule has 2 unspecified atom stereocenters. The van der Waals surface area contributed by atoms with Crippen molar-refractivity contribution in [2.45, 2.75) is 18.6 Å². The minimum absolute atomic E-state index is 0.364. The van der Waals surface area contributed by atoms with Crippen molar-refractivity contribution in [3.05, 3.63) is 35.9 Å². The molecule has 17 heavy (non-hydrogen) atoms. The van der Waals surface area contributed by atoms with Crippen molar-refractivity contribution < 1.29 is 30.3 Å². The molecule has 1 aromatic rings. The summed E-state index contributed by atoms with van der Waals surface area (Å²) in [6.07, 6.45) is -3.42. The Hall–Kier alpha value is -1.63. The van der Waals surface area contributed by atoms with E-state index in [0.29, 0.717) is 6.42 Å². The molecule has 0 radical (unpaired) electrons. The minimum atomic E-state index is -1.83. The highest BCUT2D eigenvalue weighted by molar-refractivity contribution is 5.53. The molecular formula is C11H16O6. The lowest BCUT2D eigenvalue weighted by molar-refractivity contribution is -0.0132. The van der Waals surface area contributed by atoms with E-state index in [1.807, 2.05) is 30.3 Å². The van der Waals surface area contributed by atoms with Gasteiger partial charge in [-0.05, 0) is 5.56 Å². The highest BCUT2D eigenvalue weighted by atomic mass is 16.6. The van der Waals surface area contributed by atoms with E-state index in [0.717, 1.165) is 5.56 Å². The topological polar surface area (TPSA) is 118 Å². The maximum atomic E-state index is 9.36. The van der Waals surface area contributed by atoms with Gasteiger partial charge in [0.1, 0.15) is 6.10 Å². The Labute approximate surface area is 98.4 Å². The molecule has 0 aliphatic carbocycles. The molecule has 0 aromatic heterocycles. The van der Waals surface area contributed by atoms with Crippen LogP contribution in [0, 0.1) is 0 Å². The predicted molar refractivity (Wildman–Crippen MR) is 59.9 cm³/mol. The average Bonchev–Trinajstić information content (AvgIpc) is 2.28. The van der Waals surface area contributed by atoms with E-state index in [1.54, 1.807) is 0 Å². The summed E-state index contributed by atoms with van der Waals surface area (Å²) in [7, 11) is 0. The molecule has 5 N–H and O–H groups in total. The number of hydrogen-bond acceptors (Lipinski definition) is 4. The third-order valence-corrected chi connectivity index (χ3v) is 1.92. The van der Waals surface area contributed by atoms with Crippen molar-refractivity contribution in [1.29, 1.82) is 0 Å². The summed E-state index contributed by atoms with van der Waals surface area (Å²) >= 11 is 0. The number of aliphatic hydroxyl groups excluding tert-OH is 3. The Morgan fingerprint density at radius 2 is 1.53 bits per heavy atom. The zero-order valence-corrected chi connectivity index (χ0v) is 9.10. The largest absolute Gasteiger partial charge is 0.503 e. The lowest BCUT2D eigenvalue weighted by Crippen LogP contribution is -2.30. The molecule has 0 aliphatic rings. The molecule has 0 bridgehead atoms. The normalized spacial score (nSPS) is 13.1. The standard InChI is InChI=1S/C10H14O3.CH2O3/c11-7-10(13)9(12)6-8-4-2-1-3-5-8;2-1(3)4/h1-5,9-13H,6-7H2;(H2,2,3,4). The number of carbonyl (C=O) groups is 1. The third kappa shape index (κ3) is 8.21. The lowest BCUT2D eigenvalue weighted by atomic mass is 10.0. The molecule has 0 spiro atoms. The summed E-state index contributed by atoms with van der Waals surface area (Å²) in [5, 5.41) is 41.0. The van der Waals surface area contributed by atoms with Crippen LogP contribution in [0.25, 0.3) is 0 Å². The number of benzene rings is 1. The SMILES string of the molecule is O=C(O)O.OCC(O)C(O)Cc1ccccc1.